The van der Waals surface area contributed by atoms with Gasteiger partial charge in [-0.25, -0.2) is 4.79 Å². The molecule has 1 N–H and O–H groups in total. The van der Waals surface area contributed by atoms with Crippen LogP contribution in [-0.4, -0.2) is 74.1 Å². The molecule has 1 atom stereocenters. The smallest absolute Gasteiger partial charge is 0.317 e. The van der Waals surface area contributed by atoms with Crippen molar-refractivity contribution in [1.82, 2.24) is 15.1 Å². The van der Waals surface area contributed by atoms with Gasteiger partial charge in [-0.3, -0.25) is 4.90 Å². The zero-order valence-corrected chi connectivity index (χ0v) is 10.6. The molecule has 0 aliphatic carbocycles. The Morgan fingerprint density at radius 3 is 2.94 bits per heavy atom. The van der Waals surface area contributed by atoms with Crippen LogP contribution < -0.4 is 5.32 Å². The van der Waals surface area contributed by atoms with Crippen LogP contribution in [0.25, 0.3) is 0 Å². The summed E-state index contributed by atoms with van der Waals surface area (Å²) in [6.07, 6.45) is 1.90. The lowest BCUT2D eigenvalue weighted by Crippen LogP contribution is -2.52. The maximum absolute atomic E-state index is 11.5. The molecule has 3 aliphatic heterocycles. The zero-order valence-electron chi connectivity index (χ0n) is 10.6. The van der Waals surface area contributed by atoms with Crippen LogP contribution in [0, 0.1) is 0 Å². The van der Waals surface area contributed by atoms with E-state index in [4.69, 9.17) is 9.47 Å². The van der Waals surface area contributed by atoms with Gasteiger partial charge >= 0.3 is 6.03 Å². The largest absolute Gasteiger partial charge is 0.353 e. The van der Waals surface area contributed by atoms with Crippen LogP contribution in [-0.2, 0) is 9.47 Å². The lowest BCUT2D eigenvalue weighted by Gasteiger charge is -2.37. The van der Waals surface area contributed by atoms with Gasteiger partial charge in [-0.2, -0.15) is 0 Å². The number of carbonyl (C=O) groups excluding carboxylic acids is 1. The minimum absolute atomic E-state index is 0.0277. The Balaban J connectivity index is 1.43. The third kappa shape index (κ3) is 2.60. The molecule has 6 heteroatoms. The fraction of sp³-hybridized carbons (Fsp3) is 0.917. The molecule has 3 heterocycles. The number of nitrogens with zero attached hydrogens (tertiary/aromatic N) is 2. The quantitative estimate of drug-likeness (QED) is 0.762. The molecule has 102 valence electrons. The van der Waals surface area contributed by atoms with Gasteiger partial charge in [0.1, 0.15) is 0 Å². The molecule has 0 radical (unpaired) electrons. The average molecular weight is 255 g/mol. The van der Waals surface area contributed by atoms with E-state index < -0.39 is 0 Å². The van der Waals surface area contributed by atoms with Crippen molar-refractivity contribution >= 4 is 6.03 Å². The number of nitrogens with one attached hydrogen (secondary N) is 1. The minimum atomic E-state index is -0.0277. The van der Waals surface area contributed by atoms with Crippen LogP contribution in [0.5, 0.6) is 0 Å². The van der Waals surface area contributed by atoms with Crippen LogP contribution >= 0.6 is 0 Å². The predicted molar refractivity (Wildman–Crippen MR) is 65.3 cm³/mol. The summed E-state index contributed by atoms with van der Waals surface area (Å²) in [5.41, 5.74) is 0. The first kappa shape index (κ1) is 12.2. The average Bonchev–Trinajstić information content (AvgIpc) is 2.79. The van der Waals surface area contributed by atoms with Crippen molar-refractivity contribution in [3.8, 4) is 0 Å². The Labute approximate surface area is 107 Å². The minimum Gasteiger partial charge on any atom is -0.353 e. The van der Waals surface area contributed by atoms with E-state index in [9.17, 15) is 4.79 Å². The molecule has 0 saturated carbocycles. The fourth-order valence-corrected chi connectivity index (χ4v) is 2.86. The number of urea groups is 1. The first-order valence-electron chi connectivity index (χ1n) is 6.83. The van der Waals surface area contributed by atoms with Gasteiger partial charge < -0.3 is 19.7 Å². The van der Waals surface area contributed by atoms with Gasteiger partial charge in [0, 0.05) is 39.1 Å². The molecule has 3 saturated heterocycles. The zero-order chi connectivity index (χ0) is 12.4. The van der Waals surface area contributed by atoms with Crippen molar-refractivity contribution in [1.29, 1.82) is 0 Å². The van der Waals surface area contributed by atoms with E-state index in [-0.39, 0.29) is 12.3 Å². The molecule has 0 aromatic rings. The summed E-state index contributed by atoms with van der Waals surface area (Å²) >= 11 is 0. The van der Waals surface area contributed by atoms with E-state index in [0.717, 1.165) is 58.8 Å². The number of hydrogen-bond donors (Lipinski definition) is 1. The van der Waals surface area contributed by atoms with Crippen molar-refractivity contribution < 1.29 is 14.3 Å². The number of hydrogen-bond acceptors (Lipinski definition) is 4. The molecule has 1 unspecified atom stereocenters. The van der Waals surface area contributed by atoms with Crippen molar-refractivity contribution in [2.24, 2.45) is 0 Å². The number of fused-ring (bicyclic) bond motifs is 1. The maximum atomic E-state index is 11.5. The number of carbonyl (C=O) groups is 1. The Bertz CT molecular complexity index is 307. The molecule has 0 aromatic heterocycles. The predicted octanol–water partition coefficient (Wildman–Crippen LogP) is -0.151. The molecule has 3 rings (SSSR count). The Morgan fingerprint density at radius 1 is 1.28 bits per heavy atom. The molecule has 18 heavy (non-hydrogen) atoms. The second kappa shape index (κ2) is 5.42. The highest BCUT2D eigenvalue weighted by molar-refractivity contribution is 5.77. The summed E-state index contributed by atoms with van der Waals surface area (Å²) in [4.78, 5) is 15.8. The van der Waals surface area contributed by atoms with Gasteiger partial charge in [0.15, 0.2) is 6.29 Å². The number of ether oxygens (including phenoxy) is 2. The van der Waals surface area contributed by atoms with Gasteiger partial charge in [-0.1, -0.05) is 0 Å². The summed E-state index contributed by atoms with van der Waals surface area (Å²) in [6.45, 7) is 6.17. The van der Waals surface area contributed by atoms with Gasteiger partial charge in [0.25, 0.3) is 0 Å². The van der Waals surface area contributed by atoms with Crippen molar-refractivity contribution in [3.63, 3.8) is 0 Å². The highest BCUT2D eigenvalue weighted by Gasteiger charge is 2.35. The molecular weight excluding hydrogens is 234 g/mol. The van der Waals surface area contributed by atoms with E-state index in [0.29, 0.717) is 6.04 Å². The number of rotatable bonds is 3. The topological polar surface area (TPSA) is 54.0 Å². The normalized spacial score (nSPS) is 30.3. The fourth-order valence-electron chi connectivity index (χ4n) is 2.86. The van der Waals surface area contributed by atoms with Crippen LogP contribution in [0.15, 0.2) is 0 Å². The third-order valence-electron chi connectivity index (χ3n) is 3.89. The van der Waals surface area contributed by atoms with E-state index in [2.05, 4.69) is 10.2 Å². The summed E-state index contributed by atoms with van der Waals surface area (Å²) in [5.74, 6) is 0. The second-order valence-electron chi connectivity index (χ2n) is 5.15. The van der Waals surface area contributed by atoms with Crippen LogP contribution in [0.2, 0.25) is 0 Å². The van der Waals surface area contributed by atoms with Crippen LogP contribution in [0.4, 0.5) is 4.79 Å². The Morgan fingerprint density at radius 2 is 2.11 bits per heavy atom. The van der Waals surface area contributed by atoms with Gasteiger partial charge in [-0.05, 0) is 6.42 Å². The molecule has 2 amide bonds. The number of piperazine rings is 1. The lowest BCUT2D eigenvalue weighted by molar-refractivity contribution is -0.183. The van der Waals surface area contributed by atoms with E-state index in [1.807, 2.05) is 4.90 Å². The Hall–Kier alpha value is -0.850. The highest BCUT2D eigenvalue weighted by atomic mass is 16.7. The Kier molecular flexibility index (Phi) is 3.67. The maximum Gasteiger partial charge on any atom is 0.317 e. The van der Waals surface area contributed by atoms with Gasteiger partial charge in [0.2, 0.25) is 0 Å². The van der Waals surface area contributed by atoms with E-state index in [1.54, 1.807) is 0 Å². The monoisotopic (exact) mass is 255 g/mol. The molecule has 3 aliphatic rings. The SMILES string of the molecule is O=C1NCC2CN(CCC3OCCCO3)CCN12. The van der Waals surface area contributed by atoms with Gasteiger partial charge in [-0.15, -0.1) is 0 Å². The summed E-state index contributed by atoms with van der Waals surface area (Å²) in [6, 6.07) is 0.443. The van der Waals surface area contributed by atoms with Crippen LogP contribution in [0.1, 0.15) is 12.8 Å². The molecule has 6 nitrogen and oxygen atoms in total. The molecule has 3 fully saturated rings. The lowest BCUT2D eigenvalue weighted by atomic mass is 10.2. The molecular formula is C12H21N3O3. The number of amides is 2. The first-order chi connectivity index (χ1) is 8.83. The third-order valence-corrected chi connectivity index (χ3v) is 3.89. The second-order valence-corrected chi connectivity index (χ2v) is 5.15. The molecule has 0 spiro atoms. The van der Waals surface area contributed by atoms with Gasteiger partial charge in [0.05, 0.1) is 19.3 Å². The standard InChI is InChI=1S/C12H21N3O3/c16-12-13-8-10-9-14(4-5-15(10)12)3-2-11-17-6-1-7-18-11/h10-11H,1-9H2,(H,13,16). The van der Waals surface area contributed by atoms with Crippen LogP contribution in [0.3, 0.4) is 0 Å². The summed E-state index contributed by atoms with van der Waals surface area (Å²) < 4.78 is 11.1. The highest BCUT2D eigenvalue weighted by Crippen LogP contribution is 2.16. The van der Waals surface area contributed by atoms with E-state index >= 15 is 0 Å². The summed E-state index contributed by atoms with van der Waals surface area (Å²) in [7, 11) is 0. The summed E-state index contributed by atoms with van der Waals surface area (Å²) in [5, 5.41) is 2.90. The molecule has 0 aromatic carbocycles. The van der Waals surface area contributed by atoms with E-state index in [1.165, 1.54) is 0 Å². The molecule has 0 bridgehead atoms. The van der Waals surface area contributed by atoms with Crippen molar-refractivity contribution in [3.05, 3.63) is 0 Å². The van der Waals surface area contributed by atoms with Crippen molar-refractivity contribution in [2.75, 3.05) is 45.9 Å². The first-order valence-corrected chi connectivity index (χ1v) is 6.83. The van der Waals surface area contributed by atoms with Crippen molar-refractivity contribution in [2.45, 2.75) is 25.2 Å².